The third kappa shape index (κ3) is 2.90. The Morgan fingerprint density at radius 3 is 2.83 bits per heavy atom. The summed E-state index contributed by atoms with van der Waals surface area (Å²) in [5.74, 6) is 0.938. The number of aromatic nitrogens is 1. The summed E-state index contributed by atoms with van der Waals surface area (Å²) >= 11 is 0. The van der Waals surface area contributed by atoms with Gasteiger partial charge in [0.1, 0.15) is 12.4 Å². The van der Waals surface area contributed by atoms with Crippen LogP contribution in [0.5, 0.6) is 5.75 Å². The quantitative estimate of drug-likeness (QED) is 0.780. The molecule has 1 N–H and O–H groups in total. The Bertz CT molecular complexity index is 815. The highest BCUT2D eigenvalue weighted by molar-refractivity contribution is 5.76. The number of benzene rings is 2. The molecular weight excluding hydrogens is 284 g/mol. The highest BCUT2D eigenvalue weighted by atomic mass is 16.5. The predicted octanol–water partition coefficient (Wildman–Crippen LogP) is 4.30. The summed E-state index contributed by atoms with van der Waals surface area (Å²) in [7, 11) is 0. The van der Waals surface area contributed by atoms with Gasteiger partial charge in [-0.1, -0.05) is 30.3 Å². The lowest BCUT2D eigenvalue weighted by molar-refractivity contribution is 0.302. The standard InChI is InChI=1S/C20H18N2O/c1-2-4-15(5-3-1)8-11-22-17-6-7-19-18-9-10-21-13-16(18)14-23-20(19)12-17/h1-7,9-10,12-13,22H,8,11,14H2. The molecule has 3 aromatic rings. The Morgan fingerprint density at radius 1 is 1.00 bits per heavy atom. The number of ether oxygens (including phenoxy) is 1. The summed E-state index contributed by atoms with van der Waals surface area (Å²) in [5, 5.41) is 3.47. The fourth-order valence-electron chi connectivity index (χ4n) is 2.93. The number of rotatable bonds is 4. The first-order valence-corrected chi connectivity index (χ1v) is 7.88. The van der Waals surface area contributed by atoms with Gasteiger partial charge in [-0.05, 0) is 35.7 Å². The molecule has 1 aliphatic heterocycles. The Balaban J connectivity index is 1.48. The van der Waals surface area contributed by atoms with E-state index in [-0.39, 0.29) is 0 Å². The molecule has 0 amide bonds. The summed E-state index contributed by atoms with van der Waals surface area (Å²) in [6, 6.07) is 18.9. The molecule has 0 atom stereocenters. The fraction of sp³-hybridized carbons (Fsp3) is 0.150. The van der Waals surface area contributed by atoms with Crippen LogP contribution in [0.25, 0.3) is 11.1 Å². The molecule has 0 bridgehead atoms. The van der Waals surface area contributed by atoms with Gasteiger partial charge in [0, 0.05) is 41.8 Å². The molecule has 3 heteroatoms. The van der Waals surface area contributed by atoms with Crippen molar-refractivity contribution in [1.29, 1.82) is 0 Å². The first kappa shape index (κ1) is 13.8. The SMILES string of the molecule is c1ccc(CCNc2ccc3c(c2)OCc2cnccc2-3)cc1. The maximum absolute atomic E-state index is 5.88. The lowest BCUT2D eigenvalue weighted by Crippen LogP contribution is -2.08. The molecule has 1 aromatic heterocycles. The summed E-state index contributed by atoms with van der Waals surface area (Å²) in [4.78, 5) is 4.17. The molecule has 2 heterocycles. The molecule has 4 rings (SSSR count). The Morgan fingerprint density at radius 2 is 1.91 bits per heavy atom. The van der Waals surface area contributed by atoms with Gasteiger partial charge in [0.05, 0.1) is 0 Å². The molecule has 2 aromatic carbocycles. The predicted molar refractivity (Wildman–Crippen MR) is 92.6 cm³/mol. The third-order valence-corrected chi connectivity index (χ3v) is 4.14. The summed E-state index contributed by atoms with van der Waals surface area (Å²) in [6.45, 7) is 1.49. The van der Waals surface area contributed by atoms with E-state index in [2.05, 4.69) is 58.8 Å². The minimum atomic E-state index is 0.587. The van der Waals surface area contributed by atoms with Crippen LogP contribution in [0.3, 0.4) is 0 Å². The van der Waals surface area contributed by atoms with Crippen LogP contribution in [0.15, 0.2) is 67.0 Å². The highest BCUT2D eigenvalue weighted by Gasteiger charge is 2.17. The molecule has 0 aliphatic carbocycles. The minimum absolute atomic E-state index is 0.587. The maximum atomic E-state index is 5.88. The second-order valence-electron chi connectivity index (χ2n) is 5.69. The van der Waals surface area contributed by atoms with E-state index in [1.807, 2.05) is 18.5 Å². The number of nitrogens with one attached hydrogen (secondary N) is 1. The first-order chi connectivity index (χ1) is 11.4. The molecule has 1 aliphatic rings. The Kier molecular flexibility index (Phi) is 3.68. The molecule has 114 valence electrons. The molecule has 0 radical (unpaired) electrons. The normalized spacial score (nSPS) is 12.0. The van der Waals surface area contributed by atoms with E-state index in [0.717, 1.165) is 35.5 Å². The lowest BCUT2D eigenvalue weighted by Gasteiger charge is -2.21. The van der Waals surface area contributed by atoms with Crippen LogP contribution in [-0.2, 0) is 13.0 Å². The Labute approximate surface area is 136 Å². The van der Waals surface area contributed by atoms with Crippen molar-refractivity contribution in [2.24, 2.45) is 0 Å². The van der Waals surface area contributed by atoms with E-state index in [1.165, 1.54) is 11.1 Å². The third-order valence-electron chi connectivity index (χ3n) is 4.14. The van der Waals surface area contributed by atoms with Gasteiger partial charge in [-0.25, -0.2) is 0 Å². The molecule has 0 saturated heterocycles. The summed E-state index contributed by atoms with van der Waals surface area (Å²) < 4.78 is 5.88. The van der Waals surface area contributed by atoms with E-state index in [4.69, 9.17) is 4.74 Å². The monoisotopic (exact) mass is 302 g/mol. The van der Waals surface area contributed by atoms with Gasteiger partial charge in [-0.2, -0.15) is 0 Å². The number of nitrogens with zero attached hydrogens (tertiary/aromatic N) is 1. The molecule has 0 fully saturated rings. The van der Waals surface area contributed by atoms with Crippen molar-refractivity contribution in [2.45, 2.75) is 13.0 Å². The zero-order valence-corrected chi connectivity index (χ0v) is 12.8. The molecule has 0 unspecified atom stereocenters. The smallest absolute Gasteiger partial charge is 0.129 e. The van der Waals surface area contributed by atoms with E-state index in [1.54, 1.807) is 0 Å². The zero-order chi connectivity index (χ0) is 15.5. The van der Waals surface area contributed by atoms with Gasteiger partial charge in [0.2, 0.25) is 0 Å². The van der Waals surface area contributed by atoms with Crippen LogP contribution < -0.4 is 10.1 Å². The average molecular weight is 302 g/mol. The van der Waals surface area contributed by atoms with Crippen LogP contribution in [0.4, 0.5) is 5.69 Å². The highest BCUT2D eigenvalue weighted by Crippen LogP contribution is 2.38. The molecule has 0 spiro atoms. The van der Waals surface area contributed by atoms with E-state index < -0.39 is 0 Å². The van der Waals surface area contributed by atoms with Gasteiger partial charge in [0.25, 0.3) is 0 Å². The van der Waals surface area contributed by atoms with Crippen molar-refractivity contribution >= 4 is 5.69 Å². The van der Waals surface area contributed by atoms with Crippen molar-refractivity contribution < 1.29 is 4.74 Å². The number of pyridine rings is 1. The summed E-state index contributed by atoms with van der Waals surface area (Å²) in [5.41, 5.74) is 5.94. The molecule has 3 nitrogen and oxygen atoms in total. The van der Waals surface area contributed by atoms with Gasteiger partial charge in [-0.15, -0.1) is 0 Å². The number of hydrogen-bond acceptors (Lipinski definition) is 3. The van der Waals surface area contributed by atoms with Crippen LogP contribution in [0.1, 0.15) is 11.1 Å². The van der Waals surface area contributed by atoms with Crippen molar-refractivity contribution in [3.8, 4) is 16.9 Å². The van der Waals surface area contributed by atoms with Gasteiger partial charge in [0.15, 0.2) is 0 Å². The van der Waals surface area contributed by atoms with Crippen LogP contribution in [0, 0.1) is 0 Å². The first-order valence-electron chi connectivity index (χ1n) is 7.88. The zero-order valence-electron chi connectivity index (χ0n) is 12.8. The molecule has 23 heavy (non-hydrogen) atoms. The van der Waals surface area contributed by atoms with E-state index in [9.17, 15) is 0 Å². The van der Waals surface area contributed by atoms with Gasteiger partial charge in [-0.3, -0.25) is 4.98 Å². The topological polar surface area (TPSA) is 34.1 Å². The van der Waals surface area contributed by atoms with Gasteiger partial charge >= 0.3 is 0 Å². The van der Waals surface area contributed by atoms with Crippen molar-refractivity contribution in [2.75, 3.05) is 11.9 Å². The second kappa shape index (κ2) is 6.13. The average Bonchev–Trinajstić information content (AvgIpc) is 2.62. The molecule has 0 saturated carbocycles. The maximum Gasteiger partial charge on any atom is 0.129 e. The van der Waals surface area contributed by atoms with Crippen molar-refractivity contribution in [3.63, 3.8) is 0 Å². The Hall–Kier alpha value is -2.81. The van der Waals surface area contributed by atoms with E-state index >= 15 is 0 Å². The minimum Gasteiger partial charge on any atom is -0.488 e. The van der Waals surface area contributed by atoms with Crippen molar-refractivity contribution in [1.82, 2.24) is 4.98 Å². The number of anilines is 1. The second-order valence-corrected chi connectivity index (χ2v) is 5.69. The number of fused-ring (bicyclic) bond motifs is 3. The van der Waals surface area contributed by atoms with Crippen molar-refractivity contribution in [3.05, 3.63) is 78.1 Å². The lowest BCUT2D eigenvalue weighted by atomic mass is 9.98. The van der Waals surface area contributed by atoms with Crippen LogP contribution in [-0.4, -0.2) is 11.5 Å². The summed E-state index contributed by atoms with van der Waals surface area (Å²) in [6.07, 6.45) is 4.72. The number of hydrogen-bond donors (Lipinski definition) is 1. The van der Waals surface area contributed by atoms with E-state index in [0.29, 0.717) is 6.61 Å². The largest absolute Gasteiger partial charge is 0.488 e. The van der Waals surface area contributed by atoms with Crippen LogP contribution in [0.2, 0.25) is 0 Å². The molecular formula is C20H18N2O. The van der Waals surface area contributed by atoms with Gasteiger partial charge < -0.3 is 10.1 Å². The fourth-order valence-corrected chi connectivity index (χ4v) is 2.93. The van der Waals surface area contributed by atoms with Crippen LogP contribution >= 0.6 is 0 Å².